The maximum atomic E-state index is 13.2. The van der Waals surface area contributed by atoms with Crippen LogP contribution in [0.3, 0.4) is 0 Å². The van der Waals surface area contributed by atoms with E-state index in [1.165, 1.54) is 6.07 Å². The Morgan fingerprint density at radius 2 is 2.23 bits per heavy atom. The van der Waals surface area contributed by atoms with Gasteiger partial charge in [-0.2, -0.15) is 0 Å². The molecule has 0 saturated heterocycles. The minimum absolute atomic E-state index is 0.0527. The molecule has 1 aliphatic heterocycles. The molecule has 1 atom stereocenters. The van der Waals surface area contributed by atoms with Crippen molar-refractivity contribution < 1.29 is 9.13 Å². The predicted octanol–water partition coefficient (Wildman–Crippen LogP) is 2.32. The molecule has 1 heterocycles. The Bertz CT molecular complexity index is 320. The summed E-state index contributed by atoms with van der Waals surface area (Å²) in [4.78, 5) is 0. The van der Waals surface area contributed by atoms with Gasteiger partial charge in [-0.1, -0.05) is 30.4 Å². The summed E-state index contributed by atoms with van der Waals surface area (Å²) in [5.41, 5.74) is 0.721. The molecule has 0 fully saturated rings. The Kier molecular flexibility index (Phi) is 2.41. The van der Waals surface area contributed by atoms with Crippen LogP contribution in [0.2, 0.25) is 0 Å². The zero-order chi connectivity index (χ0) is 9.10. The van der Waals surface area contributed by atoms with Crippen molar-refractivity contribution >= 4 is 0 Å². The number of benzene rings is 1. The molecule has 0 unspecified atom stereocenters. The van der Waals surface area contributed by atoms with Crippen LogP contribution in [0.4, 0.5) is 4.39 Å². The van der Waals surface area contributed by atoms with Crippen molar-refractivity contribution in [1.29, 1.82) is 0 Å². The van der Waals surface area contributed by atoms with E-state index < -0.39 is 0 Å². The third-order valence-corrected chi connectivity index (χ3v) is 2.14. The van der Waals surface area contributed by atoms with Gasteiger partial charge in [0.15, 0.2) is 0 Å². The molecule has 1 nitrogen and oxygen atoms in total. The van der Waals surface area contributed by atoms with Crippen LogP contribution < -0.4 is 0 Å². The predicted molar refractivity (Wildman–Crippen MR) is 49.0 cm³/mol. The third kappa shape index (κ3) is 1.95. The lowest BCUT2D eigenvalue weighted by Crippen LogP contribution is -2.09. The van der Waals surface area contributed by atoms with Gasteiger partial charge in [0.2, 0.25) is 0 Å². The van der Waals surface area contributed by atoms with Crippen molar-refractivity contribution in [3.63, 3.8) is 0 Å². The first kappa shape index (κ1) is 8.45. The zero-order valence-electron chi connectivity index (χ0n) is 7.24. The second-order valence-electron chi connectivity index (χ2n) is 3.10. The first-order valence-corrected chi connectivity index (χ1v) is 4.38. The highest BCUT2D eigenvalue weighted by molar-refractivity contribution is 5.19. The van der Waals surface area contributed by atoms with Crippen molar-refractivity contribution in [2.75, 3.05) is 6.61 Å². The Labute approximate surface area is 76.8 Å². The van der Waals surface area contributed by atoms with Crippen LogP contribution in [-0.2, 0) is 11.2 Å². The minimum atomic E-state index is -0.147. The van der Waals surface area contributed by atoms with Gasteiger partial charge in [-0.15, -0.1) is 0 Å². The normalized spacial score (nSPS) is 20.8. The molecule has 0 aliphatic carbocycles. The monoisotopic (exact) mass is 178 g/mol. The minimum Gasteiger partial charge on any atom is -0.370 e. The van der Waals surface area contributed by atoms with E-state index >= 15 is 0 Å². The Hall–Kier alpha value is -1.15. The van der Waals surface area contributed by atoms with E-state index in [2.05, 4.69) is 0 Å². The fourth-order valence-corrected chi connectivity index (χ4v) is 1.45. The molecule has 0 radical (unpaired) electrons. The number of rotatable bonds is 2. The Morgan fingerprint density at radius 3 is 2.92 bits per heavy atom. The van der Waals surface area contributed by atoms with Crippen LogP contribution in [-0.4, -0.2) is 12.7 Å². The molecule has 0 saturated carbocycles. The summed E-state index contributed by atoms with van der Waals surface area (Å²) < 4.78 is 18.5. The first-order chi connectivity index (χ1) is 6.36. The number of hydrogen-bond donors (Lipinski definition) is 0. The van der Waals surface area contributed by atoms with Crippen LogP contribution in [0, 0.1) is 5.82 Å². The van der Waals surface area contributed by atoms with Crippen molar-refractivity contribution in [3.05, 3.63) is 47.8 Å². The van der Waals surface area contributed by atoms with Gasteiger partial charge in [0.05, 0.1) is 12.7 Å². The van der Waals surface area contributed by atoms with Crippen LogP contribution >= 0.6 is 0 Å². The number of hydrogen-bond acceptors (Lipinski definition) is 1. The fraction of sp³-hybridized carbons (Fsp3) is 0.273. The van der Waals surface area contributed by atoms with Gasteiger partial charge < -0.3 is 4.74 Å². The fourth-order valence-electron chi connectivity index (χ4n) is 1.45. The topological polar surface area (TPSA) is 9.23 Å². The SMILES string of the molecule is Fc1ccccc1C[C@H]1C=CCO1. The second kappa shape index (κ2) is 3.71. The molecule has 0 N–H and O–H groups in total. The largest absolute Gasteiger partial charge is 0.370 e. The quantitative estimate of drug-likeness (QED) is 0.631. The van der Waals surface area contributed by atoms with Crippen molar-refractivity contribution in [1.82, 2.24) is 0 Å². The lowest BCUT2D eigenvalue weighted by atomic mass is 10.1. The molecule has 1 aromatic carbocycles. The molecule has 2 rings (SSSR count). The van der Waals surface area contributed by atoms with Gasteiger partial charge in [-0.05, 0) is 11.6 Å². The summed E-state index contributed by atoms with van der Waals surface area (Å²) in [5.74, 6) is -0.147. The maximum absolute atomic E-state index is 13.2. The Balaban J connectivity index is 2.09. The van der Waals surface area contributed by atoms with Crippen molar-refractivity contribution in [2.45, 2.75) is 12.5 Å². The summed E-state index contributed by atoms with van der Waals surface area (Å²) in [6, 6.07) is 6.82. The van der Waals surface area contributed by atoms with Crippen molar-refractivity contribution in [2.24, 2.45) is 0 Å². The molecule has 68 valence electrons. The molecule has 0 amide bonds. The van der Waals surface area contributed by atoms with Crippen LogP contribution in [0.25, 0.3) is 0 Å². The molecule has 1 aliphatic rings. The van der Waals surface area contributed by atoms with Crippen LogP contribution in [0.5, 0.6) is 0 Å². The summed E-state index contributed by atoms with van der Waals surface area (Å²) in [6.45, 7) is 0.652. The molecule has 0 aromatic heterocycles. The van der Waals surface area contributed by atoms with E-state index in [4.69, 9.17) is 4.74 Å². The number of ether oxygens (including phenoxy) is 1. The Morgan fingerprint density at radius 1 is 1.38 bits per heavy atom. The van der Waals surface area contributed by atoms with Gasteiger partial charge in [-0.25, -0.2) is 4.39 Å². The highest BCUT2D eigenvalue weighted by Gasteiger charge is 2.12. The molecular weight excluding hydrogens is 167 g/mol. The van der Waals surface area contributed by atoms with Gasteiger partial charge in [0, 0.05) is 6.42 Å². The third-order valence-electron chi connectivity index (χ3n) is 2.14. The highest BCUT2D eigenvalue weighted by atomic mass is 19.1. The molecule has 1 aromatic rings. The second-order valence-corrected chi connectivity index (χ2v) is 3.10. The van der Waals surface area contributed by atoms with E-state index in [0.29, 0.717) is 13.0 Å². The van der Waals surface area contributed by atoms with Gasteiger partial charge >= 0.3 is 0 Å². The van der Waals surface area contributed by atoms with E-state index in [-0.39, 0.29) is 11.9 Å². The van der Waals surface area contributed by atoms with Crippen LogP contribution in [0.1, 0.15) is 5.56 Å². The number of halogens is 1. The van der Waals surface area contributed by atoms with E-state index in [0.717, 1.165) is 5.56 Å². The van der Waals surface area contributed by atoms with Crippen LogP contribution in [0.15, 0.2) is 36.4 Å². The van der Waals surface area contributed by atoms with E-state index in [1.807, 2.05) is 18.2 Å². The first-order valence-electron chi connectivity index (χ1n) is 4.38. The van der Waals surface area contributed by atoms with Gasteiger partial charge in [0.1, 0.15) is 5.82 Å². The standard InChI is InChI=1S/C11H11FO/c12-11-6-2-1-4-9(11)8-10-5-3-7-13-10/h1-6,10H,7-8H2/t10-/m1/s1. The maximum Gasteiger partial charge on any atom is 0.126 e. The van der Waals surface area contributed by atoms with Gasteiger partial charge in [0.25, 0.3) is 0 Å². The average Bonchev–Trinajstić information content (AvgIpc) is 2.61. The molecule has 0 spiro atoms. The summed E-state index contributed by atoms with van der Waals surface area (Å²) >= 11 is 0. The molecular formula is C11H11FO. The molecule has 0 bridgehead atoms. The molecule has 13 heavy (non-hydrogen) atoms. The summed E-state index contributed by atoms with van der Waals surface area (Å²) in [6.07, 6.45) is 4.62. The average molecular weight is 178 g/mol. The summed E-state index contributed by atoms with van der Waals surface area (Å²) in [5, 5.41) is 0. The zero-order valence-corrected chi connectivity index (χ0v) is 7.24. The lowest BCUT2D eigenvalue weighted by molar-refractivity contribution is 0.128. The lowest BCUT2D eigenvalue weighted by Gasteiger charge is -2.08. The van der Waals surface area contributed by atoms with E-state index in [1.54, 1.807) is 12.1 Å². The molecule has 2 heteroatoms. The summed E-state index contributed by atoms with van der Waals surface area (Å²) in [7, 11) is 0. The van der Waals surface area contributed by atoms with E-state index in [9.17, 15) is 4.39 Å². The smallest absolute Gasteiger partial charge is 0.126 e. The van der Waals surface area contributed by atoms with Crippen molar-refractivity contribution in [3.8, 4) is 0 Å². The highest BCUT2D eigenvalue weighted by Crippen LogP contribution is 2.14. The van der Waals surface area contributed by atoms with Gasteiger partial charge in [-0.3, -0.25) is 0 Å².